The molecular formula is C17H26N2O. The second-order valence-corrected chi connectivity index (χ2v) is 6.12. The van der Waals surface area contributed by atoms with E-state index in [1.807, 2.05) is 0 Å². The molecule has 0 radical (unpaired) electrons. The van der Waals surface area contributed by atoms with Gasteiger partial charge in [-0.05, 0) is 49.8 Å². The molecule has 2 N–H and O–H groups in total. The van der Waals surface area contributed by atoms with Crippen LogP contribution < -0.4 is 5.32 Å². The molecule has 1 heterocycles. The topological polar surface area (TPSA) is 35.5 Å². The Kier molecular flexibility index (Phi) is 4.71. The standard InChI is InChI=1S/C17H26N2O/c20-12-11-19(13-15-7-4-10-18-15)17-9-3-6-14-5-1-2-8-16(14)17/h1-2,5,8,15,17-18,20H,3-4,6-7,9-13H2. The van der Waals surface area contributed by atoms with Crippen LogP contribution in [0.15, 0.2) is 24.3 Å². The molecule has 1 saturated heterocycles. The summed E-state index contributed by atoms with van der Waals surface area (Å²) in [6, 6.07) is 9.96. The van der Waals surface area contributed by atoms with E-state index in [-0.39, 0.29) is 6.61 Å². The number of benzene rings is 1. The zero-order valence-electron chi connectivity index (χ0n) is 12.2. The maximum Gasteiger partial charge on any atom is 0.0558 e. The van der Waals surface area contributed by atoms with Crippen LogP contribution in [0.1, 0.15) is 42.9 Å². The van der Waals surface area contributed by atoms with Gasteiger partial charge < -0.3 is 10.4 Å². The maximum absolute atomic E-state index is 9.43. The predicted molar refractivity (Wildman–Crippen MR) is 81.8 cm³/mol. The molecule has 0 amide bonds. The fourth-order valence-electron chi connectivity index (χ4n) is 3.81. The summed E-state index contributed by atoms with van der Waals surface area (Å²) < 4.78 is 0. The Hall–Kier alpha value is -0.900. The first-order chi connectivity index (χ1) is 9.88. The van der Waals surface area contributed by atoms with Crippen LogP contribution >= 0.6 is 0 Å². The van der Waals surface area contributed by atoms with Gasteiger partial charge in [-0.25, -0.2) is 0 Å². The first-order valence-electron chi connectivity index (χ1n) is 8.04. The van der Waals surface area contributed by atoms with Gasteiger partial charge in [0.1, 0.15) is 0 Å². The van der Waals surface area contributed by atoms with Crippen LogP contribution in [0.25, 0.3) is 0 Å². The highest BCUT2D eigenvalue weighted by Gasteiger charge is 2.27. The molecule has 20 heavy (non-hydrogen) atoms. The number of aliphatic hydroxyl groups is 1. The molecule has 2 unspecified atom stereocenters. The van der Waals surface area contributed by atoms with Crippen molar-refractivity contribution in [3.63, 3.8) is 0 Å². The lowest BCUT2D eigenvalue weighted by molar-refractivity contribution is 0.128. The van der Waals surface area contributed by atoms with Gasteiger partial charge >= 0.3 is 0 Å². The van der Waals surface area contributed by atoms with Gasteiger partial charge in [0.2, 0.25) is 0 Å². The Morgan fingerprint density at radius 2 is 2.10 bits per heavy atom. The van der Waals surface area contributed by atoms with Crippen LogP contribution in [0.4, 0.5) is 0 Å². The van der Waals surface area contributed by atoms with Gasteiger partial charge in [-0.3, -0.25) is 4.90 Å². The Bertz CT molecular complexity index is 429. The maximum atomic E-state index is 9.43. The van der Waals surface area contributed by atoms with Crippen molar-refractivity contribution in [3.05, 3.63) is 35.4 Å². The monoisotopic (exact) mass is 274 g/mol. The summed E-state index contributed by atoms with van der Waals surface area (Å²) >= 11 is 0. The second-order valence-electron chi connectivity index (χ2n) is 6.12. The van der Waals surface area contributed by atoms with Gasteiger partial charge in [-0.2, -0.15) is 0 Å². The van der Waals surface area contributed by atoms with Gasteiger partial charge in [0.05, 0.1) is 6.61 Å². The number of hydrogen-bond donors (Lipinski definition) is 2. The van der Waals surface area contributed by atoms with E-state index in [9.17, 15) is 5.11 Å². The van der Waals surface area contributed by atoms with E-state index in [1.165, 1.54) is 43.2 Å². The molecule has 0 spiro atoms. The minimum absolute atomic E-state index is 0.255. The quantitative estimate of drug-likeness (QED) is 0.863. The molecule has 1 aromatic rings. The lowest BCUT2D eigenvalue weighted by atomic mass is 9.86. The van der Waals surface area contributed by atoms with E-state index in [0.29, 0.717) is 12.1 Å². The molecular weight excluding hydrogens is 248 g/mol. The van der Waals surface area contributed by atoms with Crippen LogP contribution in [-0.4, -0.2) is 42.3 Å². The summed E-state index contributed by atoms with van der Waals surface area (Å²) in [5.41, 5.74) is 3.00. The molecule has 2 aliphatic rings. The summed E-state index contributed by atoms with van der Waals surface area (Å²) in [4.78, 5) is 2.50. The van der Waals surface area contributed by atoms with Gasteiger partial charge in [0, 0.05) is 25.2 Å². The summed E-state index contributed by atoms with van der Waals surface area (Å²) in [6.07, 6.45) is 6.27. The predicted octanol–water partition coefficient (Wildman–Crippen LogP) is 2.11. The fraction of sp³-hybridized carbons (Fsp3) is 0.647. The molecule has 0 saturated carbocycles. The summed E-state index contributed by atoms with van der Waals surface area (Å²) in [5.74, 6) is 0. The highest BCUT2D eigenvalue weighted by Crippen LogP contribution is 2.34. The highest BCUT2D eigenvalue weighted by molar-refractivity contribution is 5.32. The summed E-state index contributed by atoms with van der Waals surface area (Å²) in [6.45, 7) is 3.26. The van der Waals surface area contributed by atoms with Crippen molar-refractivity contribution in [1.29, 1.82) is 0 Å². The normalized spacial score (nSPS) is 25.9. The average Bonchev–Trinajstić information content (AvgIpc) is 2.99. The van der Waals surface area contributed by atoms with E-state index in [1.54, 1.807) is 0 Å². The Balaban J connectivity index is 1.76. The zero-order chi connectivity index (χ0) is 13.8. The molecule has 1 aliphatic heterocycles. The molecule has 3 rings (SSSR count). The van der Waals surface area contributed by atoms with Crippen molar-refractivity contribution in [2.45, 2.75) is 44.2 Å². The fourth-order valence-corrected chi connectivity index (χ4v) is 3.81. The molecule has 0 bridgehead atoms. The lowest BCUT2D eigenvalue weighted by Gasteiger charge is -2.37. The number of hydrogen-bond acceptors (Lipinski definition) is 3. The molecule has 1 fully saturated rings. The molecule has 3 nitrogen and oxygen atoms in total. The Morgan fingerprint density at radius 1 is 1.20 bits per heavy atom. The summed E-state index contributed by atoms with van der Waals surface area (Å²) in [7, 11) is 0. The zero-order valence-corrected chi connectivity index (χ0v) is 12.2. The number of nitrogens with zero attached hydrogens (tertiary/aromatic N) is 1. The molecule has 1 aliphatic carbocycles. The molecule has 110 valence electrons. The van der Waals surface area contributed by atoms with Gasteiger partial charge in [0.25, 0.3) is 0 Å². The van der Waals surface area contributed by atoms with Crippen molar-refractivity contribution in [3.8, 4) is 0 Å². The molecule has 0 aromatic heterocycles. The van der Waals surface area contributed by atoms with E-state index in [0.717, 1.165) is 19.6 Å². The van der Waals surface area contributed by atoms with Crippen molar-refractivity contribution in [1.82, 2.24) is 10.2 Å². The Morgan fingerprint density at radius 3 is 2.90 bits per heavy atom. The van der Waals surface area contributed by atoms with Gasteiger partial charge in [-0.1, -0.05) is 24.3 Å². The SMILES string of the molecule is OCCN(CC1CCCN1)C1CCCc2ccccc21. The molecule has 2 atom stereocenters. The summed E-state index contributed by atoms with van der Waals surface area (Å²) in [5, 5.41) is 13.0. The van der Waals surface area contributed by atoms with E-state index < -0.39 is 0 Å². The van der Waals surface area contributed by atoms with Crippen LogP contribution in [-0.2, 0) is 6.42 Å². The van der Waals surface area contributed by atoms with Gasteiger partial charge in [-0.15, -0.1) is 0 Å². The van der Waals surface area contributed by atoms with Crippen LogP contribution in [0.5, 0.6) is 0 Å². The third kappa shape index (κ3) is 3.05. The number of aliphatic hydroxyl groups excluding tert-OH is 1. The van der Waals surface area contributed by atoms with E-state index >= 15 is 0 Å². The average molecular weight is 274 g/mol. The molecule has 1 aromatic carbocycles. The number of rotatable bonds is 5. The van der Waals surface area contributed by atoms with Crippen molar-refractivity contribution in [2.24, 2.45) is 0 Å². The second kappa shape index (κ2) is 6.70. The van der Waals surface area contributed by atoms with Crippen molar-refractivity contribution < 1.29 is 5.11 Å². The van der Waals surface area contributed by atoms with E-state index in [4.69, 9.17) is 0 Å². The largest absolute Gasteiger partial charge is 0.395 e. The highest BCUT2D eigenvalue weighted by atomic mass is 16.3. The first kappa shape index (κ1) is 14.1. The lowest BCUT2D eigenvalue weighted by Crippen LogP contribution is -2.42. The number of fused-ring (bicyclic) bond motifs is 1. The molecule has 3 heteroatoms. The van der Waals surface area contributed by atoms with Crippen molar-refractivity contribution in [2.75, 3.05) is 26.2 Å². The smallest absolute Gasteiger partial charge is 0.0558 e. The van der Waals surface area contributed by atoms with E-state index in [2.05, 4.69) is 34.5 Å². The Labute approximate surface area is 122 Å². The first-order valence-corrected chi connectivity index (χ1v) is 8.04. The number of nitrogens with one attached hydrogen (secondary N) is 1. The minimum Gasteiger partial charge on any atom is -0.395 e. The van der Waals surface area contributed by atoms with Crippen LogP contribution in [0, 0.1) is 0 Å². The van der Waals surface area contributed by atoms with Crippen LogP contribution in [0.3, 0.4) is 0 Å². The van der Waals surface area contributed by atoms with Crippen molar-refractivity contribution >= 4 is 0 Å². The third-order valence-electron chi connectivity index (χ3n) is 4.78. The third-order valence-corrected chi connectivity index (χ3v) is 4.78. The van der Waals surface area contributed by atoms with Gasteiger partial charge in [0.15, 0.2) is 0 Å². The minimum atomic E-state index is 0.255. The number of aryl methyl sites for hydroxylation is 1. The van der Waals surface area contributed by atoms with Crippen LogP contribution in [0.2, 0.25) is 0 Å².